The molecule has 6 heteroatoms. The summed E-state index contributed by atoms with van der Waals surface area (Å²) in [7, 11) is 0. The Morgan fingerprint density at radius 3 is 2.83 bits per heavy atom. The Labute approximate surface area is 142 Å². The minimum atomic E-state index is -0.0939. The lowest BCUT2D eigenvalue weighted by Gasteiger charge is -2.22. The van der Waals surface area contributed by atoms with Crippen LogP contribution in [-0.2, 0) is 4.79 Å². The maximum absolute atomic E-state index is 12.3. The molecule has 2 heterocycles. The van der Waals surface area contributed by atoms with Crippen LogP contribution >= 0.6 is 12.4 Å². The first-order chi connectivity index (χ1) is 10.6. The summed E-state index contributed by atoms with van der Waals surface area (Å²) in [6, 6.07) is 7.51. The fourth-order valence-corrected chi connectivity index (χ4v) is 2.63. The van der Waals surface area contributed by atoms with Crippen molar-refractivity contribution in [1.82, 2.24) is 10.3 Å². The number of halogens is 1. The summed E-state index contributed by atoms with van der Waals surface area (Å²) in [5, 5.41) is 6.23. The number of aryl methyl sites for hydroxylation is 2. The van der Waals surface area contributed by atoms with Crippen LogP contribution in [0.5, 0.6) is 0 Å². The van der Waals surface area contributed by atoms with Crippen molar-refractivity contribution >= 4 is 24.0 Å². The van der Waals surface area contributed by atoms with E-state index in [9.17, 15) is 4.79 Å². The third-order valence-corrected chi connectivity index (χ3v) is 4.03. The Morgan fingerprint density at radius 2 is 2.17 bits per heavy atom. The number of rotatable bonds is 3. The molecular formula is C17H22ClN3O2. The molecule has 1 unspecified atom stereocenters. The van der Waals surface area contributed by atoms with Crippen molar-refractivity contribution in [3.05, 3.63) is 35.7 Å². The van der Waals surface area contributed by atoms with Crippen molar-refractivity contribution in [2.24, 2.45) is 0 Å². The van der Waals surface area contributed by atoms with Gasteiger partial charge in [-0.3, -0.25) is 4.79 Å². The summed E-state index contributed by atoms with van der Waals surface area (Å²) in [5.41, 5.74) is 2.52. The summed E-state index contributed by atoms with van der Waals surface area (Å²) in [6.07, 6.45) is 3.13. The van der Waals surface area contributed by atoms with Gasteiger partial charge in [-0.2, -0.15) is 0 Å². The summed E-state index contributed by atoms with van der Waals surface area (Å²) < 4.78 is 5.64. The van der Waals surface area contributed by atoms with Gasteiger partial charge >= 0.3 is 0 Å². The van der Waals surface area contributed by atoms with E-state index in [-0.39, 0.29) is 24.4 Å². The quantitative estimate of drug-likeness (QED) is 0.901. The molecule has 3 rings (SSSR count). The largest absolute Gasteiger partial charge is 0.441 e. The minimum Gasteiger partial charge on any atom is -0.441 e. The van der Waals surface area contributed by atoms with Gasteiger partial charge in [-0.25, -0.2) is 4.98 Å². The van der Waals surface area contributed by atoms with E-state index in [2.05, 4.69) is 15.6 Å². The molecule has 0 spiro atoms. The Bertz CT molecular complexity index is 659. The van der Waals surface area contributed by atoms with Gasteiger partial charge in [0.15, 0.2) is 0 Å². The monoisotopic (exact) mass is 335 g/mol. The van der Waals surface area contributed by atoms with Crippen LogP contribution in [0.4, 0.5) is 5.69 Å². The molecule has 1 aliphatic rings. The molecule has 1 saturated heterocycles. The van der Waals surface area contributed by atoms with Gasteiger partial charge in [0.2, 0.25) is 11.8 Å². The standard InChI is InChI=1S/C17H21N3O2.ClH/c1-11-12(2)22-17(19-11)13-6-5-7-14(10-13)20-16(21)15-8-3-4-9-18-15;/h5-7,10,15,18H,3-4,8-9H2,1-2H3,(H,20,21);1H. The molecule has 1 aromatic carbocycles. The van der Waals surface area contributed by atoms with Crippen molar-refractivity contribution < 1.29 is 9.21 Å². The number of aromatic nitrogens is 1. The number of nitrogens with one attached hydrogen (secondary N) is 2. The zero-order valence-corrected chi connectivity index (χ0v) is 14.2. The summed E-state index contributed by atoms with van der Waals surface area (Å²) >= 11 is 0. The second kappa shape index (κ2) is 7.62. The molecule has 124 valence electrons. The summed E-state index contributed by atoms with van der Waals surface area (Å²) in [5.74, 6) is 1.43. The van der Waals surface area contributed by atoms with Crippen molar-refractivity contribution in [2.75, 3.05) is 11.9 Å². The molecule has 0 bridgehead atoms. The lowest BCUT2D eigenvalue weighted by atomic mass is 10.0. The van der Waals surface area contributed by atoms with Crippen LogP contribution in [-0.4, -0.2) is 23.5 Å². The molecule has 1 fully saturated rings. The maximum atomic E-state index is 12.3. The molecule has 2 aromatic rings. The molecule has 2 N–H and O–H groups in total. The van der Waals surface area contributed by atoms with Crippen molar-refractivity contribution in [2.45, 2.75) is 39.2 Å². The number of oxazole rings is 1. The number of benzene rings is 1. The van der Waals surface area contributed by atoms with Gasteiger partial charge in [-0.05, 0) is 51.4 Å². The number of carbonyl (C=O) groups is 1. The lowest BCUT2D eigenvalue weighted by Crippen LogP contribution is -2.43. The van der Waals surface area contributed by atoms with Gasteiger partial charge in [0.25, 0.3) is 0 Å². The first-order valence-electron chi connectivity index (χ1n) is 7.72. The predicted octanol–water partition coefficient (Wildman–Crippen LogP) is 3.46. The third-order valence-electron chi connectivity index (χ3n) is 4.03. The molecule has 1 aromatic heterocycles. The zero-order chi connectivity index (χ0) is 15.5. The van der Waals surface area contributed by atoms with E-state index in [1.54, 1.807) is 0 Å². The Hall–Kier alpha value is -1.85. The number of nitrogens with zero attached hydrogens (tertiary/aromatic N) is 1. The zero-order valence-electron chi connectivity index (χ0n) is 13.4. The van der Waals surface area contributed by atoms with E-state index < -0.39 is 0 Å². The topological polar surface area (TPSA) is 67.2 Å². The van der Waals surface area contributed by atoms with Gasteiger partial charge in [-0.1, -0.05) is 12.5 Å². The molecule has 23 heavy (non-hydrogen) atoms. The minimum absolute atomic E-state index is 0. The van der Waals surface area contributed by atoms with Crippen molar-refractivity contribution in [3.63, 3.8) is 0 Å². The fourth-order valence-electron chi connectivity index (χ4n) is 2.63. The van der Waals surface area contributed by atoms with Crippen LogP contribution in [0.2, 0.25) is 0 Å². The predicted molar refractivity (Wildman–Crippen MR) is 92.9 cm³/mol. The Morgan fingerprint density at radius 1 is 1.35 bits per heavy atom. The number of hydrogen-bond donors (Lipinski definition) is 2. The van der Waals surface area contributed by atoms with Gasteiger partial charge in [0.1, 0.15) is 5.76 Å². The van der Waals surface area contributed by atoms with E-state index in [4.69, 9.17) is 4.42 Å². The van der Waals surface area contributed by atoms with Gasteiger partial charge < -0.3 is 15.1 Å². The smallest absolute Gasteiger partial charge is 0.241 e. The summed E-state index contributed by atoms with van der Waals surface area (Å²) in [4.78, 5) is 16.7. The second-order valence-electron chi connectivity index (χ2n) is 5.73. The highest BCUT2D eigenvalue weighted by atomic mass is 35.5. The van der Waals surface area contributed by atoms with Crippen LogP contribution in [0.3, 0.4) is 0 Å². The number of piperidine rings is 1. The average Bonchev–Trinajstić information content (AvgIpc) is 2.88. The first kappa shape index (κ1) is 17.5. The SMILES string of the molecule is Cc1nc(-c2cccc(NC(=O)C3CCCCN3)c2)oc1C.Cl. The Kier molecular flexibility index (Phi) is 5.80. The number of amides is 1. The van der Waals surface area contributed by atoms with Crippen LogP contribution in [0, 0.1) is 13.8 Å². The first-order valence-corrected chi connectivity index (χ1v) is 7.72. The normalized spacial score (nSPS) is 17.4. The van der Waals surface area contributed by atoms with Crippen molar-refractivity contribution in [3.8, 4) is 11.5 Å². The molecule has 1 aliphatic heterocycles. The lowest BCUT2D eigenvalue weighted by molar-refractivity contribution is -0.118. The number of hydrogen-bond acceptors (Lipinski definition) is 4. The van der Waals surface area contributed by atoms with Gasteiger partial charge in [0.05, 0.1) is 11.7 Å². The fraction of sp³-hybridized carbons (Fsp3) is 0.412. The highest BCUT2D eigenvalue weighted by molar-refractivity contribution is 5.95. The van der Waals surface area contributed by atoms with E-state index in [0.29, 0.717) is 5.89 Å². The van der Waals surface area contributed by atoms with E-state index in [1.165, 1.54) is 0 Å². The van der Waals surface area contributed by atoms with Crippen LogP contribution in [0.25, 0.3) is 11.5 Å². The molecular weight excluding hydrogens is 314 g/mol. The van der Waals surface area contributed by atoms with Gasteiger partial charge in [0, 0.05) is 11.3 Å². The van der Waals surface area contributed by atoms with Crippen LogP contribution in [0.15, 0.2) is 28.7 Å². The van der Waals surface area contributed by atoms with Crippen LogP contribution < -0.4 is 10.6 Å². The van der Waals surface area contributed by atoms with E-state index in [1.807, 2.05) is 38.1 Å². The molecule has 1 atom stereocenters. The van der Waals surface area contributed by atoms with Gasteiger partial charge in [-0.15, -0.1) is 12.4 Å². The molecule has 1 amide bonds. The molecule has 0 saturated carbocycles. The third kappa shape index (κ3) is 4.12. The maximum Gasteiger partial charge on any atom is 0.241 e. The Balaban J connectivity index is 0.00000192. The number of carbonyl (C=O) groups excluding carboxylic acids is 1. The molecule has 0 aliphatic carbocycles. The van der Waals surface area contributed by atoms with Crippen molar-refractivity contribution in [1.29, 1.82) is 0 Å². The highest BCUT2D eigenvalue weighted by Crippen LogP contribution is 2.24. The average molecular weight is 336 g/mol. The molecule has 0 radical (unpaired) electrons. The van der Waals surface area contributed by atoms with E-state index in [0.717, 1.165) is 48.5 Å². The highest BCUT2D eigenvalue weighted by Gasteiger charge is 2.20. The summed E-state index contributed by atoms with van der Waals surface area (Å²) in [6.45, 7) is 4.72. The van der Waals surface area contributed by atoms with E-state index >= 15 is 0 Å². The number of anilines is 1. The molecule has 5 nitrogen and oxygen atoms in total. The second-order valence-corrected chi connectivity index (χ2v) is 5.73. The van der Waals surface area contributed by atoms with Crippen LogP contribution in [0.1, 0.15) is 30.7 Å².